The van der Waals surface area contributed by atoms with E-state index in [-0.39, 0.29) is 37.6 Å². The van der Waals surface area contributed by atoms with Crippen molar-refractivity contribution in [2.24, 2.45) is 0 Å². The minimum absolute atomic E-state index is 0.0367. The summed E-state index contributed by atoms with van der Waals surface area (Å²) in [4.78, 5) is 31.4. The molecule has 0 aliphatic carbocycles. The van der Waals surface area contributed by atoms with Gasteiger partial charge in [-0.25, -0.2) is 0 Å². The molecule has 0 heterocycles. The second-order valence-electron chi connectivity index (χ2n) is 3.49. The number of hydrogen-bond donors (Lipinski definition) is 1. The molecule has 1 unspecified atom stereocenters. The van der Waals surface area contributed by atoms with E-state index >= 15 is 0 Å². The van der Waals surface area contributed by atoms with E-state index in [0.717, 1.165) is 0 Å². The number of carbonyl (C=O) groups excluding carboxylic acids is 2. The molecule has 1 atom stereocenters. The standard InChI is InChI=1S/C10H19O5P/c1-3-9(11)5-7-16(13,14)8-6-10(12)15-4-2/h3-8H2,1-2H3,(H,13,14). The van der Waals surface area contributed by atoms with Crippen LogP contribution in [0.2, 0.25) is 0 Å². The predicted molar refractivity (Wildman–Crippen MR) is 60.7 cm³/mol. The van der Waals surface area contributed by atoms with E-state index in [2.05, 4.69) is 4.74 Å². The van der Waals surface area contributed by atoms with Gasteiger partial charge in [-0.3, -0.25) is 14.2 Å². The van der Waals surface area contributed by atoms with Gasteiger partial charge in [-0.15, -0.1) is 0 Å². The highest BCUT2D eigenvalue weighted by molar-refractivity contribution is 7.58. The number of carbonyl (C=O) groups is 2. The predicted octanol–water partition coefficient (Wildman–Crippen LogP) is 1.58. The third-order valence-electron chi connectivity index (χ3n) is 2.11. The molecule has 6 heteroatoms. The van der Waals surface area contributed by atoms with E-state index in [9.17, 15) is 19.0 Å². The Morgan fingerprint density at radius 3 is 2.25 bits per heavy atom. The number of ether oxygens (including phenoxy) is 1. The van der Waals surface area contributed by atoms with Crippen molar-refractivity contribution in [3.8, 4) is 0 Å². The highest BCUT2D eigenvalue weighted by Crippen LogP contribution is 2.41. The molecule has 0 aliphatic heterocycles. The molecular formula is C10H19O5P. The zero-order valence-electron chi connectivity index (χ0n) is 9.77. The lowest BCUT2D eigenvalue weighted by molar-refractivity contribution is -0.142. The molecule has 0 aromatic rings. The topological polar surface area (TPSA) is 80.7 Å². The largest absolute Gasteiger partial charge is 0.466 e. The normalized spacial score (nSPS) is 14.2. The summed E-state index contributed by atoms with van der Waals surface area (Å²) in [6, 6.07) is 0. The van der Waals surface area contributed by atoms with Gasteiger partial charge in [-0.05, 0) is 6.92 Å². The molecule has 0 rings (SSSR count). The monoisotopic (exact) mass is 250 g/mol. The van der Waals surface area contributed by atoms with E-state index in [1.54, 1.807) is 13.8 Å². The Labute approximate surface area is 95.6 Å². The van der Waals surface area contributed by atoms with Gasteiger partial charge in [0, 0.05) is 25.2 Å². The van der Waals surface area contributed by atoms with Crippen molar-refractivity contribution >= 4 is 19.1 Å². The van der Waals surface area contributed by atoms with Crippen LogP contribution in [-0.2, 0) is 18.9 Å². The Morgan fingerprint density at radius 2 is 1.75 bits per heavy atom. The first kappa shape index (κ1) is 15.3. The van der Waals surface area contributed by atoms with E-state index in [4.69, 9.17) is 0 Å². The van der Waals surface area contributed by atoms with Crippen LogP contribution in [0.4, 0.5) is 0 Å². The quantitative estimate of drug-likeness (QED) is 0.522. The van der Waals surface area contributed by atoms with Gasteiger partial charge in [-0.2, -0.15) is 0 Å². The van der Waals surface area contributed by atoms with Crippen molar-refractivity contribution in [2.45, 2.75) is 33.1 Å². The van der Waals surface area contributed by atoms with Gasteiger partial charge >= 0.3 is 5.97 Å². The van der Waals surface area contributed by atoms with Crippen LogP contribution in [-0.4, -0.2) is 35.6 Å². The van der Waals surface area contributed by atoms with Gasteiger partial charge in [0.25, 0.3) is 0 Å². The van der Waals surface area contributed by atoms with Gasteiger partial charge in [0.1, 0.15) is 5.78 Å². The van der Waals surface area contributed by atoms with E-state index < -0.39 is 13.3 Å². The lowest BCUT2D eigenvalue weighted by Gasteiger charge is -2.10. The van der Waals surface area contributed by atoms with Crippen LogP contribution in [0.5, 0.6) is 0 Å². The molecular weight excluding hydrogens is 231 g/mol. The maximum absolute atomic E-state index is 11.5. The fourth-order valence-corrected chi connectivity index (χ4v) is 2.44. The average Bonchev–Trinajstić information content (AvgIpc) is 2.24. The maximum Gasteiger partial charge on any atom is 0.306 e. The molecule has 0 saturated heterocycles. The molecule has 16 heavy (non-hydrogen) atoms. The molecule has 0 spiro atoms. The summed E-state index contributed by atoms with van der Waals surface area (Å²) in [6.07, 6.45) is 0.259. The van der Waals surface area contributed by atoms with Crippen molar-refractivity contribution in [1.29, 1.82) is 0 Å². The lowest BCUT2D eigenvalue weighted by atomic mass is 10.2. The number of hydrogen-bond acceptors (Lipinski definition) is 4. The first-order valence-electron chi connectivity index (χ1n) is 5.39. The van der Waals surface area contributed by atoms with Crippen LogP contribution in [0.25, 0.3) is 0 Å². The first-order valence-corrected chi connectivity index (χ1v) is 7.42. The summed E-state index contributed by atoms with van der Waals surface area (Å²) in [5, 5.41) is 0. The van der Waals surface area contributed by atoms with E-state index in [1.807, 2.05) is 0 Å². The highest BCUT2D eigenvalue weighted by Gasteiger charge is 2.20. The van der Waals surface area contributed by atoms with Crippen LogP contribution in [0.15, 0.2) is 0 Å². The number of Topliss-reactive ketones (excluding diaryl/α,β-unsaturated/α-hetero) is 1. The Bertz CT molecular complexity index is 287. The molecule has 0 saturated carbocycles. The van der Waals surface area contributed by atoms with Crippen LogP contribution in [0.3, 0.4) is 0 Å². The molecule has 0 aliphatic rings. The molecule has 1 N–H and O–H groups in total. The Balaban J connectivity index is 3.91. The number of rotatable bonds is 8. The molecule has 0 amide bonds. The van der Waals surface area contributed by atoms with E-state index in [0.29, 0.717) is 6.42 Å². The van der Waals surface area contributed by atoms with Gasteiger partial charge in [0.2, 0.25) is 7.37 Å². The van der Waals surface area contributed by atoms with Crippen LogP contribution in [0.1, 0.15) is 33.1 Å². The molecule has 0 fully saturated rings. The molecule has 5 nitrogen and oxygen atoms in total. The summed E-state index contributed by atoms with van der Waals surface area (Å²) in [7, 11) is -3.36. The third-order valence-corrected chi connectivity index (χ3v) is 3.95. The minimum atomic E-state index is -3.36. The summed E-state index contributed by atoms with van der Waals surface area (Å²) in [6.45, 7) is 3.66. The van der Waals surface area contributed by atoms with Gasteiger partial charge < -0.3 is 9.63 Å². The molecule has 94 valence electrons. The zero-order chi connectivity index (χ0) is 12.6. The summed E-state index contributed by atoms with van der Waals surface area (Å²) < 4.78 is 16.2. The lowest BCUT2D eigenvalue weighted by Crippen LogP contribution is -2.08. The molecule has 0 aromatic heterocycles. The van der Waals surface area contributed by atoms with Crippen molar-refractivity contribution < 1.29 is 23.8 Å². The van der Waals surface area contributed by atoms with Crippen molar-refractivity contribution in [3.05, 3.63) is 0 Å². The van der Waals surface area contributed by atoms with Gasteiger partial charge in [-0.1, -0.05) is 6.92 Å². The van der Waals surface area contributed by atoms with Crippen molar-refractivity contribution in [2.75, 3.05) is 18.9 Å². The average molecular weight is 250 g/mol. The summed E-state index contributed by atoms with van der Waals surface area (Å²) >= 11 is 0. The fourth-order valence-electron chi connectivity index (χ4n) is 1.09. The SMILES string of the molecule is CCOC(=O)CCP(=O)(O)CCC(=O)CC. The molecule has 0 radical (unpaired) electrons. The van der Waals surface area contributed by atoms with Crippen molar-refractivity contribution in [3.63, 3.8) is 0 Å². The third kappa shape index (κ3) is 7.60. The maximum atomic E-state index is 11.5. The smallest absolute Gasteiger partial charge is 0.306 e. The highest BCUT2D eigenvalue weighted by atomic mass is 31.2. The zero-order valence-corrected chi connectivity index (χ0v) is 10.7. The Kier molecular flexibility index (Phi) is 7.26. The molecule has 0 bridgehead atoms. The van der Waals surface area contributed by atoms with Crippen molar-refractivity contribution in [1.82, 2.24) is 0 Å². The van der Waals surface area contributed by atoms with Crippen LogP contribution in [0, 0.1) is 0 Å². The first-order chi connectivity index (χ1) is 7.41. The van der Waals surface area contributed by atoms with Gasteiger partial charge in [0.15, 0.2) is 0 Å². The second kappa shape index (κ2) is 7.58. The Morgan fingerprint density at radius 1 is 1.19 bits per heavy atom. The summed E-state index contributed by atoms with van der Waals surface area (Å²) in [5.74, 6) is -0.510. The van der Waals surface area contributed by atoms with E-state index in [1.165, 1.54) is 0 Å². The fraction of sp³-hybridized carbons (Fsp3) is 0.800. The Hall–Kier alpha value is -0.670. The number of esters is 1. The molecule has 0 aromatic carbocycles. The van der Waals surface area contributed by atoms with Crippen LogP contribution < -0.4 is 0 Å². The van der Waals surface area contributed by atoms with Crippen LogP contribution >= 0.6 is 7.37 Å². The summed E-state index contributed by atoms with van der Waals surface area (Å²) in [5.41, 5.74) is 0. The van der Waals surface area contributed by atoms with Gasteiger partial charge in [0.05, 0.1) is 13.0 Å². The minimum Gasteiger partial charge on any atom is -0.466 e. The number of ketones is 1. The second-order valence-corrected chi connectivity index (χ2v) is 6.08.